The summed E-state index contributed by atoms with van der Waals surface area (Å²) in [6.45, 7) is 0.275. The molecule has 0 aromatic heterocycles. The van der Waals surface area contributed by atoms with Crippen molar-refractivity contribution >= 4 is 17.8 Å². The third-order valence-electron chi connectivity index (χ3n) is 3.20. The molecule has 7 heteroatoms. The summed E-state index contributed by atoms with van der Waals surface area (Å²) in [6, 6.07) is 10.9. The van der Waals surface area contributed by atoms with E-state index in [1.54, 1.807) is 6.07 Å². The van der Waals surface area contributed by atoms with E-state index < -0.39 is 23.6 Å². The molecule has 2 aromatic rings. The lowest BCUT2D eigenvalue weighted by molar-refractivity contribution is 0.0691. The summed E-state index contributed by atoms with van der Waals surface area (Å²) in [5.41, 5.74) is 0.263. The summed E-state index contributed by atoms with van der Waals surface area (Å²) < 4.78 is 12.8. The maximum atomic E-state index is 12.8. The van der Waals surface area contributed by atoms with Gasteiger partial charge in [-0.05, 0) is 36.4 Å². The highest BCUT2D eigenvalue weighted by Gasteiger charge is 2.15. The second kappa shape index (κ2) is 7.87. The number of carbonyl (C=O) groups is 3. The van der Waals surface area contributed by atoms with Gasteiger partial charge >= 0.3 is 5.97 Å². The van der Waals surface area contributed by atoms with Gasteiger partial charge in [0.05, 0.1) is 11.1 Å². The zero-order valence-electron chi connectivity index (χ0n) is 12.6. The van der Waals surface area contributed by atoms with Crippen LogP contribution in [-0.2, 0) is 0 Å². The predicted octanol–water partition coefficient (Wildman–Crippen LogP) is 1.68. The molecule has 2 rings (SSSR count). The minimum Gasteiger partial charge on any atom is -0.478 e. The number of rotatable bonds is 6. The van der Waals surface area contributed by atoms with Crippen LogP contribution in [0.5, 0.6) is 0 Å². The molecule has 0 unspecified atom stereocenters. The Labute approximate surface area is 137 Å². The fourth-order valence-corrected chi connectivity index (χ4v) is 2.02. The average Bonchev–Trinajstić information content (AvgIpc) is 2.58. The van der Waals surface area contributed by atoms with Gasteiger partial charge in [0, 0.05) is 18.7 Å². The number of benzene rings is 2. The number of halogens is 1. The molecule has 124 valence electrons. The Kier molecular flexibility index (Phi) is 5.62. The predicted molar refractivity (Wildman–Crippen MR) is 84.5 cm³/mol. The normalized spacial score (nSPS) is 10.0. The maximum Gasteiger partial charge on any atom is 0.336 e. The molecule has 0 aliphatic rings. The number of hydrogen-bond acceptors (Lipinski definition) is 3. The van der Waals surface area contributed by atoms with Gasteiger partial charge in [0.1, 0.15) is 5.82 Å². The molecule has 0 atom stereocenters. The Morgan fingerprint density at radius 3 is 1.96 bits per heavy atom. The standard InChI is InChI=1S/C17H15FN2O4/c18-12-7-5-11(6-8-12)15(21)19-9-10-20-16(22)13-3-1-2-4-14(13)17(23)24/h1-8H,9-10H2,(H,19,21)(H,20,22)(H,23,24). The lowest BCUT2D eigenvalue weighted by Gasteiger charge is -2.09. The molecule has 2 amide bonds. The highest BCUT2D eigenvalue weighted by molar-refractivity contribution is 6.04. The van der Waals surface area contributed by atoms with Gasteiger partial charge in [-0.25, -0.2) is 9.18 Å². The van der Waals surface area contributed by atoms with Gasteiger partial charge in [-0.3, -0.25) is 9.59 Å². The van der Waals surface area contributed by atoms with Gasteiger partial charge in [-0.2, -0.15) is 0 Å². The summed E-state index contributed by atoms with van der Waals surface area (Å²) in [5.74, 6) is -2.56. The Morgan fingerprint density at radius 1 is 0.833 bits per heavy atom. The Balaban J connectivity index is 1.84. The van der Waals surface area contributed by atoms with Crippen molar-refractivity contribution in [1.29, 1.82) is 0 Å². The lowest BCUT2D eigenvalue weighted by atomic mass is 10.1. The largest absolute Gasteiger partial charge is 0.478 e. The highest BCUT2D eigenvalue weighted by atomic mass is 19.1. The number of amides is 2. The Morgan fingerprint density at radius 2 is 1.38 bits per heavy atom. The summed E-state index contributed by atoms with van der Waals surface area (Å²) in [7, 11) is 0. The Bertz CT molecular complexity index is 759. The number of nitrogens with one attached hydrogen (secondary N) is 2. The fourth-order valence-electron chi connectivity index (χ4n) is 2.02. The topological polar surface area (TPSA) is 95.5 Å². The van der Waals surface area contributed by atoms with Crippen LogP contribution in [0.3, 0.4) is 0 Å². The number of hydrogen-bond donors (Lipinski definition) is 3. The molecule has 0 aliphatic heterocycles. The molecule has 0 saturated heterocycles. The van der Waals surface area contributed by atoms with Crippen LogP contribution in [0.15, 0.2) is 48.5 Å². The van der Waals surface area contributed by atoms with Crippen LogP contribution < -0.4 is 10.6 Å². The Hall–Kier alpha value is -3.22. The van der Waals surface area contributed by atoms with Crippen LogP contribution in [0.1, 0.15) is 31.1 Å². The van der Waals surface area contributed by atoms with Crippen LogP contribution in [0.4, 0.5) is 4.39 Å². The first kappa shape index (κ1) is 17.1. The third kappa shape index (κ3) is 4.39. The van der Waals surface area contributed by atoms with Crippen molar-refractivity contribution in [3.63, 3.8) is 0 Å². The van der Waals surface area contributed by atoms with E-state index in [4.69, 9.17) is 5.11 Å². The minimum absolute atomic E-state index is 0.0508. The zero-order valence-corrected chi connectivity index (χ0v) is 12.6. The molecule has 0 fully saturated rings. The first-order chi connectivity index (χ1) is 11.5. The average molecular weight is 330 g/mol. The molecule has 6 nitrogen and oxygen atoms in total. The minimum atomic E-state index is -1.19. The summed E-state index contributed by atoms with van der Waals surface area (Å²) in [6.07, 6.45) is 0. The SMILES string of the molecule is O=C(NCCNC(=O)c1ccccc1C(=O)O)c1ccc(F)cc1. The molecule has 3 N–H and O–H groups in total. The molecular weight excluding hydrogens is 315 g/mol. The smallest absolute Gasteiger partial charge is 0.336 e. The molecule has 24 heavy (non-hydrogen) atoms. The van der Waals surface area contributed by atoms with E-state index in [1.807, 2.05) is 0 Å². The molecule has 0 spiro atoms. The molecule has 2 aromatic carbocycles. The van der Waals surface area contributed by atoms with Crippen molar-refractivity contribution in [1.82, 2.24) is 10.6 Å². The van der Waals surface area contributed by atoms with Gasteiger partial charge in [0.2, 0.25) is 0 Å². The van der Waals surface area contributed by atoms with Gasteiger partial charge in [0.25, 0.3) is 11.8 Å². The quantitative estimate of drug-likeness (QED) is 0.702. The molecule has 0 saturated carbocycles. The van der Waals surface area contributed by atoms with Crippen LogP contribution >= 0.6 is 0 Å². The summed E-state index contributed by atoms with van der Waals surface area (Å²) >= 11 is 0. The maximum absolute atomic E-state index is 12.8. The zero-order chi connectivity index (χ0) is 17.5. The summed E-state index contributed by atoms with van der Waals surface area (Å²) in [5, 5.41) is 14.1. The van der Waals surface area contributed by atoms with E-state index in [1.165, 1.54) is 42.5 Å². The third-order valence-corrected chi connectivity index (χ3v) is 3.20. The van der Waals surface area contributed by atoms with Gasteiger partial charge in [-0.15, -0.1) is 0 Å². The van der Waals surface area contributed by atoms with E-state index in [0.717, 1.165) is 0 Å². The molecule has 0 bridgehead atoms. The van der Waals surface area contributed by atoms with E-state index in [-0.39, 0.29) is 24.2 Å². The van der Waals surface area contributed by atoms with Crippen LogP contribution in [0.25, 0.3) is 0 Å². The van der Waals surface area contributed by atoms with Gasteiger partial charge < -0.3 is 15.7 Å². The van der Waals surface area contributed by atoms with E-state index in [0.29, 0.717) is 5.56 Å². The lowest BCUT2D eigenvalue weighted by Crippen LogP contribution is -2.35. The van der Waals surface area contributed by atoms with Crippen LogP contribution in [-0.4, -0.2) is 36.0 Å². The van der Waals surface area contributed by atoms with Crippen molar-refractivity contribution in [3.8, 4) is 0 Å². The van der Waals surface area contributed by atoms with Gasteiger partial charge in [-0.1, -0.05) is 12.1 Å². The second-order valence-electron chi connectivity index (χ2n) is 4.87. The first-order valence-electron chi connectivity index (χ1n) is 7.13. The molecule has 0 aliphatic carbocycles. The van der Waals surface area contributed by atoms with Crippen LogP contribution in [0, 0.1) is 5.82 Å². The van der Waals surface area contributed by atoms with Crippen molar-refractivity contribution in [3.05, 3.63) is 71.0 Å². The van der Waals surface area contributed by atoms with Crippen LogP contribution in [0.2, 0.25) is 0 Å². The first-order valence-corrected chi connectivity index (χ1v) is 7.13. The fraction of sp³-hybridized carbons (Fsp3) is 0.118. The van der Waals surface area contributed by atoms with Crippen molar-refractivity contribution in [2.24, 2.45) is 0 Å². The van der Waals surface area contributed by atoms with Crippen molar-refractivity contribution in [2.75, 3.05) is 13.1 Å². The number of carbonyl (C=O) groups excluding carboxylic acids is 2. The summed E-state index contributed by atoms with van der Waals surface area (Å²) in [4.78, 5) is 34.8. The number of carboxylic acid groups (broad SMARTS) is 1. The second-order valence-corrected chi connectivity index (χ2v) is 4.87. The molecule has 0 heterocycles. The monoisotopic (exact) mass is 330 g/mol. The highest BCUT2D eigenvalue weighted by Crippen LogP contribution is 2.08. The molecular formula is C17H15FN2O4. The van der Waals surface area contributed by atoms with Crippen molar-refractivity contribution in [2.45, 2.75) is 0 Å². The van der Waals surface area contributed by atoms with E-state index >= 15 is 0 Å². The molecule has 0 radical (unpaired) electrons. The van der Waals surface area contributed by atoms with Crippen molar-refractivity contribution < 1.29 is 23.9 Å². The van der Waals surface area contributed by atoms with E-state index in [2.05, 4.69) is 10.6 Å². The number of carboxylic acids is 1. The van der Waals surface area contributed by atoms with E-state index in [9.17, 15) is 18.8 Å². The number of aromatic carboxylic acids is 1. The van der Waals surface area contributed by atoms with Gasteiger partial charge in [0.15, 0.2) is 0 Å².